The molecule has 0 aliphatic carbocycles. The van der Waals surface area contributed by atoms with E-state index in [2.05, 4.69) is 10.1 Å². The van der Waals surface area contributed by atoms with Gasteiger partial charge in [0, 0.05) is 26.2 Å². The van der Waals surface area contributed by atoms with Gasteiger partial charge in [0.25, 0.3) is 0 Å². The summed E-state index contributed by atoms with van der Waals surface area (Å²) in [4.78, 5) is 1.29. The van der Waals surface area contributed by atoms with E-state index in [1.165, 1.54) is 23.1 Å². The average Bonchev–Trinajstić information content (AvgIpc) is 2.38. The van der Waals surface area contributed by atoms with Crippen molar-refractivity contribution >= 4 is 12.4 Å². The summed E-state index contributed by atoms with van der Waals surface area (Å²) in [7, 11) is 0. The summed E-state index contributed by atoms with van der Waals surface area (Å²) in [5.74, 6) is -0.271. The first kappa shape index (κ1) is 18.9. The lowest BCUT2D eigenvalue weighted by molar-refractivity contribution is -0.187. The second-order valence-electron chi connectivity index (χ2n) is 4.68. The minimum atomic E-state index is -4.49. The molecule has 9 heteroatoms. The van der Waals surface area contributed by atoms with Gasteiger partial charge in [0.05, 0.1) is 0 Å². The highest BCUT2D eigenvalue weighted by Crippen LogP contribution is 2.38. The first-order valence-electron chi connectivity index (χ1n) is 6.44. The average molecular weight is 347 g/mol. The van der Waals surface area contributed by atoms with Crippen molar-refractivity contribution in [3.05, 3.63) is 29.8 Å². The van der Waals surface area contributed by atoms with Crippen molar-refractivity contribution in [2.45, 2.75) is 18.8 Å². The maximum absolute atomic E-state index is 13.3. The van der Waals surface area contributed by atoms with Gasteiger partial charge in [-0.15, -0.1) is 12.4 Å². The first-order valence-corrected chi connectivity index (χ1v) is 6.44. The molecule has 1 saturated heterocycles. The van der Waals surface area contributed by atoms with Crippen molar-refractivity contribution < 1.29 is 26.7 Å². The fraction of sp³-hybridized carbons (Fsp3) is 0.538. The van der Waals surface area contributed by atoms with Crippen molar-refractivity contribution in [3.8, 4) is 5.75 Å². The Labute approximate surface area is 130 Å². The summed E-state index contributed by atoms with van der Waals surface area (Å²) in [6, 6.07) is 2.97. The van der Waals surface area contributed by atoms with Gasteiger partial charge in [-0.1, -0.05) is 12.1 Å². The second-order valence-corrected chi connectivity index (χ2v) is 4.68. The Morgan fingerprint density at radius 3 is 2.32 bits per heavy atom. The number of nitrogens with one attached hydrogen (secondary N) is 1. The molecular weight excluding hydrogens is 331 g/mol. The SMILES string of the molecule is Cl.FC(F)Oc1cccc([C@H](N2CCNCC2)C(F)(F)F)c1. The van der Waals surface area contributed by atoms with E-state index in [1.807, 2.05) is 0 Å². The Bertz CT molecular complexity index is 466. The van der Waals surface area contributed by atoms with Gasteiger partial charge in [-0.05, 0) is 17.7 Å². The van der Waals surface area contributed by atoms with Crippen LogP contribution in [-0.2, 0) is 0 Å². The van der Waals surface area contributed by atoms with Crippen molar-refractivity contribution in [2.75, 3.05) is 26.2 Å². The molecule has 0 radical (unpaired) electrons. The standard InChI is InChI=1S/C13H15F5N2O.ClH/c14-12(15)21-10-3-1-2-9(8-10)11(13(16,17)18)20-6-4-19-5-7-20;/h1-3,8,11-12,19H,4-7H2;1H/t11-;/m0./s1. The van der Waals surface area contributed by atoms with Crippen LogP contribution < -0.4 is 10.1 Å². The largest absolute Gasteiger partial charge is 0.435 e. The Morgan fingerprint density at radius 1 is 1.14 bits per heavy atom. The molecule has 1 aliphatic rings. The molecule has 1 aromatic rings. The minimum absolute atomic E-state index is 0. The van der Waals surface area contributed by atoms with Gasteiger partial charge < -0.3 is 10.1 Å². The van der Waals surface area contributed by atoms with Crippen LogP contribution in [0.3, 0.4) is 0 Å². The molecule has 0 amide bonds. The third-order valence-electron chi connectivity index (χ3n) is 3.23. The maximum atomic E-state index is 13.3. The van der Waals surface area contributed by atoms with Crippen molar-refractivity contribution in [1.29, 1.82) is 0 Å². The summed E-state index contributed by atoms with van der Waals surface area (Å²) < 4.78 is 68.5. The van der Waals surface area contributed by atoms with Crippen LogP contribution in [-0.4, -0.2) is 43.9 Å². The number of benzene rings is 1. The molecule has 1 heterocycles. The zero-order chi connectivity index (χ0) is 15.5. The number of alkyl halides is 5. The first-order chi connectivity index (χ1) is 9.88. The fourth-order valence-corrected chi connectivity index (χ4v) is 2.41. The van der Waals surface area contributed by atoms with Gasteiger partial charge in [0.15, 0.2) is 0 Å². The van der Waals surface area contributed by atoms with Gasteiger partial charge >= 0.3 is 12.8 Å². The fourth-order valence-electron chi connectivity index (χ4n) is 2.41. The molecule has 0 aromatic heterocycles. The summed E-state index contributed by atoms with van der Waals surface area (Å²) in [5, 5.41) is 2.98. The van der Waals surface area contributed by atoms with Crippen molar-refractivity contribution in [3.63, 3.8) is 0 Å². The topological polar surface area (TPSA) is 24.5 Å². The Hall–Kier alpha value is -1.12. The van der Waals surface area contributed by atoms with Gasteiger partial charge in [-0.3, -0.25) is 4.90 Å². The van der Waals surface area contributed by atoms with Crippen molar-refractivity contribution in [2.24, 2.45) is 0 Å². The van der Waals surface area contributed by atoms with Gasteiger partial charge in [0.1, 0.15) is 11.8 Å². The number of halogens is 6. The highest BCUT2D eigenvalue weighted by Gasteiger charge is 2.45. The number of ether oxygens (including phenoxy) is 1. The van der Waals surface area contributed by atoms with Crippen LogP contribution in [0.5, 0.6) is 5.75 Å². The van der Waals surface area contributed by atoms with E-state index < -0.39 is 18.8 Å². The zero-order valence-corrected chi connectivity index (χ0v) is 12.3. The van der Waals surface area contributed by atoms with Crippen LogP contribution in [0.4, 0.5) is 22.0 Å². The quantitative estimate of drug-likeness (QED) is 0.847. The van der Waals surface area contributed by atoms with Crippen LogP contribution in [0.2, 0.25) is 0 Å². The van der Waals surface area contributed by atoms with E-state index >= 15 is 0 Å². The van der Waals surface area contributed by atoms with Crippen molar-refractivity contribution in [1.82, 2.24) is 10.2 Å². The van der Waals surface area contributed by atoms with E-state index in [-0.39, 0.29) is 36.8 Å². The lowest BCUT2D eigenvalue weighted by Gasteiger charge is -2.36. The molecule has 1 N–H and O–H groups in total. The predicted octanol–water partition coefficient (Wildman–Crippen LogP) is 3.22. The number of piperazine rings is 1. The molecule has 1 fully saturated rings. The smallest absolute Gasteiger partial charge is 0.408 e. The maximum Gasteiger partial charge on any atom is 0.408 e. The molecule has 0 spiro atoms. The van der Waals surface area contributed by atoms with E-state index in [1.54, 1.807) is 0 Å². The van der Waals surface area contributed by atoms with Crippen LogP contribution in [0.1, 0.15) is 11.6 Å². The highest BCUT2D eigenvalue weighted by molar-refractivity contribution is 5.85. The third-order valence-corrected chi connectivity index (χ3v) is 3.23. The zero-order valence-electron chi connectivity index (χ0n) is 11.4. The normalized spacial score (nSPS) is 17.9. The molecule has 1 aliphatic heterocycles. The Morgan fingerprint density at radius 2 is 1.77 bits per heavy atom. The summed E-state index contributed by atoms with van der Waals surface area (Å²) in [6.07, 6.45) is -4.49. The Kier molecular flexibility index (Phi) is 6.83. The summed E-state index contributed by atoms with van der Waals surface area (Å²) in [6.45, 7) is -1.67. The monoisotopic (exact) mass is 346 g/mol. The molecule has 2 rings (SSSR count). The van der Waals surface area contributed by atoms with Crippen LogP contribution in [0, 0.1) is 0 Å². The molecular formula is C13H16ClF5N2O. The van der Waals surface area contributed by atoms with E-state index in [0.717, 1.165) is 6.07 Å². The highest BCUT2D eigenvalue weighted by atomic mass is 35.5. The molecule has 126 valence electrons. The molecule has 0 saturated carbocycles. The van der Waals surface area contributed by atoms with Crippen LogP contribution in [0.25, 0.3) is 0 Å². The molecule has 1 atom stereocenters. The molecule has 22 heavy (non-hydrogen) atoms. The predicted molar refractivity (Wildman–Crippen MR) is 73.6 cm³/mol. The molecule has 3 nitrogen and oxygen atoms in total. The third kappa shape index (κ3) is 4.96. The van der Waals surface area contributed by atoms with Gasteiger partial charge in [-0.2, -0.15) is 22.0 Å². The number of hydrogen-bond acceptors (Lipinski definition) is 3. The summed E-state index contributed by atoms with van der Waals surface area (Å²) in [5.41, 5.74) is -0.0949. The van der Waals surface area contributed by atoms with E-state index in [9.17, 15) is 22.0 Å². The number of nitrogens with zero attached hydrogens (tertiary/aromatic N) is 1. The second kappa shape index (κ2) is 7.94. The molecule has 1 aromatic carbocycles. The van der Waals surface area contributed by atoms with E-state index in [0.29, 0.717) is 13.1 Å². The minimum Gasteiger partial charge on any atom is -0.435 e. The van der Waals surface area contributed by atoms with E-state index in [4.69, 9.17) is 0 Å². The molecule has 0 unspecified atom stereocenters. The van der Waals surface area contributed by atoms with Gasteiger partial charge in [0.2, 0.25) is 0 Å². The number of rotatable bonds is 4. The van der Waals surface area contributed by atoms with Crippen LogP contribution >= 0.6 is 12.4 Å². The van der Waals surface area contributed by atoms with Crippen LogP contribution in [0.15, 0.2) is 24.3 Å². The summed E-state index contributed by atoms with van der Waals surface area (Å²) >= 11 is 0. The lowest BCUT2D eigenvalue weighted by Crippen LogP contribution is -2.49. The molecule has 0 bridgehead atoms. The Balaban J connectivity index is 0.00000242. The number of hydrogen-bond donors (Lipinski definition) is 1. The lowest BCUT2D eigenvalue weighted by atomic mass is 10.0. The van der Waals surface area contributed by atoms with Gasteiger partial charge in [-0.25, -0.2) is 0 Å².